The van der Waals surface area contributed by atoms with Gasteiger partial charge in [-0.1, -0.05) is 6.92 Å². The molecule has 25 heavy (non-hydrogen) atoms. The van der Waals surface area contributed by atoms with Crippen LogP contribution in [-0.4, -0.2) is 33.2 Å². The first-order chi connectivity index (χ1) is 12.1. The molecule has 0 radical (unpaired) electrons. The third-order valence-electron chi connectivity index (χ3n) is 5.60. The number of rotatable bonds is 6. The molecule has 0 spiro atoms. The summed E-state index contributed by atoms with van der Waals surface area (Å²) in [5.41, 5.74) is 1.16. The molecule has 2 aromatic heterocycles. The van der Waals surface area contributed by atoms with E-state index in [2.05, 4.69) is 18.1 Å². The molecule has 4 rings (SSSR count). The number of aromatic nitrogens is 2. The summed E-state index contributed by atoms with van der Waals surface area (Å²) in [6.45, 7) is 5.96. The Morgan fingerprint density at radius 1 is 1.40 bits per heavy atom. The molecule has 5 nitrogen and oxygen atoms in total. The normalized spacial score (nSPS) is 25.5. The van der Waals surface area contributed by atoms with E-state index in [1.165, 1.54) is 6.42 Å². The predicted molar refractivity (Wildman–Crippen MR) is 95.3 cm³/mol. The van der Waals surface area contributed by atoms with Gasteiger partial charge in [0.25, 0.3) is 0 Å². The average molecular weight is 341 g/mol. The van der Waals surface area contributed by atoms with Crippen molar-refractivity contribution in [2.45, 2.75) is 64.5 Å². The lowest BCUT2D eigenvalue weighted by Gasteiger charge is -2.24. The number of aryl methyl sites for hydroxylation is 2. The highest BCUT2D eigenvalue weighted by Gasteiger charge is 2.36. The first-order valence-corrected chi connectivity index (χ1v) is 9.47. The summed E-state index contributed by atoms with van der Waals surface area (Å²) in [5, 5.41) is 4.36. The second-order valence-corrected chi connectivity index (χ2v) is 7.75. The molecule has 1 saturated heterocycles. The van der Waals surface area contributed by atoms with Gasteiger partial charge in [0.2, 0.25) is 5.91 Å². The number of carbonyl (C=O) groups excluding carboxylic acids is 1. The van der Waals surface area contributed by atoms with Gasteiger partial charge in [0.05, 0.1) is 18.8 Å². The molecule has 1 saturated carbocycles. The van der Waals surface area contributed by atoms with E-state index in [9.17, 15) is 4.79 Å². The van der Waals surface area contributed by atoms with Gasteiger partial charge in [-0.3, -0.25) is 9.48 Å². The molecule has 134 valence electrons. The van der Waals surface area contributed by atoms with E-state index in [1.807, 2.05) is 35.0 Å². The molecule has 0 bridgehead atoms. The number of hydrogen-bond donors (Lipinski definition) is 0. The fourth-order valence-electron chi connectivity index (χ4n) is 3.96. The minimum Gasteiger partial charge on any atom is -0.466 e. The van der Waals surface area contributed by atoms with Crippen LogP contribution in [0.15, 0.2) is 28.9 Å². The number of furan rings is 1. The summed E-state index contributed by atoms with van der Waals surface area (Å²) in [5.74, 6) is 3.63. The minimum atomic E-state index is 0.240. The van der Waals surface area contributed by atoms with E-state index in [1.54, 1.807) is 0 Å². The Labute approximate surface area is 149 Å². The van der Waals surface area contributed by atoms with Crippen molar-refractivity contribution in [2.75, 3.05) is 6.54 Å². The van der Waals surface area contributed by atoms with Gasteiger partial charge >= 0.3 is 0 Å². The number of nitrogens with zero attached hydrogens (tertiary/aromatic N) is 3. The number of amides is 1. The van der Waals surface area contributed by atoms with Gasteiger partial charge in [0, 0.05) is 31.5 Å². The van der Waals surface area contributed by atoms with Gasteiger partial charge in [-0.15, -0.1) is 0 Å². The molecule has 5 heteroatoms. The van der Waals surface area contributed by atoms with E-state index >= 15 is 0 Å². The molecule has 1 aliphatic heterocycles. The Morgan fingerprint density at radius 3 is 2.96 bits per heavy atom. The molecular formula is C20H27N3O2. The van der Waals surface area contributed by atoms with E-state index in [-0.39, 0.29) is 11.9 Å². The van der Waals surface area contributed by atoms with E-state index in [0.717, 1.165) is 48.9 Å². The standard InChI is InChI=1S/C20H27N3O2/c1-14-11-21-22(12-14)13-16-4-3-9-23(16)20(24)8-6-17-5-7-19(25-17)18-10-15(18)2/h5,7,11-12,15-16,18H,3-4,6,8-10,13H2,1-2H3. The Hall–Kier alpha value is -2.04. The van der Waals surface area contributed by atoms with Crippen molar-refractivity contribution in [1.82, 2.24) is 14.7 Å². The Balaban J connectivity index is 1.31. The second-order valence-electron chi connectivity index (χ2n) is 7.75. The maximum Gasteiger partial charge on any atom is 0.223 e. The zero-order valence-electron chi connectivity index (χ0n) is 15.1. The van der Waals surface area contributed by atoms with Crippen molar-refractivity contribution in [2.24, 2.45) is 5.92 Å². The Morgan fingerprint density at radius 2 is 2.24 bits per heavy atom. The maximum absolute atomic E-state index is 12.7. The smallest absolute Gasteiger partial charge is 0.223 e. The van der Waals surface area contributed by atoms with E-state index < -0.39 is 0 Å². The van der Waals surface area contributed by atoms with Crippen LogP contribution >= 0.6 is 0 Å². The maximum atomic E-state index is 12.7. The zero-order valence-corrected chi connectivity index (χ0v) is 15.1. The summed E-state index contributed by atoms with van der Waals surface area (Å²) in [4.78, 5) is 14.7. The van der Waals surface area contributed by atoms with Crippen LogP contribution in [0.2, 0.25) is 0 Å². The average Bonchev–Trinajstić information content (AvgIpc) is 3.04. The zero-order chi connectivity index (χ0) is 17.4. The van der Waals surface area contributed by atoms with Crippen LogP contribution in [0.25, 0.3) is 0 Å². The molecular weight excluding hydrogens is 314 g/mol. The van der Waals surface area contributed by atoms with Crippen molar-refractivity contribution < 1.29 is 9.21 Å². The molecule has 0 N–H and O–H groups in total. The van der Waals surface area contributed by atoms with Crippen LogP contribution in [0.5, 0.6) is 0 Å². The predicted octanol–water partition coefficient (Wildman–Crippen LogP) is 3.53. The van der Waals surface area contributed by atoms with Gasteiger partial charge in [-0.05, 0) is 49.8 Å². The lowest BCUT2D eigenvalue weighted by atomic mass is 10.2. The topological polar surface area (TPSA) is 51.3 Å². The summed E-state index contributed by atoms with van der Waals surface area (Å²) >= 11 is 0. The van der Waals surface area contributed by atoms with Crippen molar-refractivity contribution in [3.8, 4) is 0 Å². The van der Waals surface area contributed by atoms with Crippen LogP contribution in [0.4, 0.5) is 0 Å². The van der Waals surface area contributed by atoms with Crippen molar-refractivity contribution in [1.29, 1.82) is 0 Å². The van der Waals surface area contributed by atoms with Crippen LogP contribution in [0.3, 0.4) is 0 Å². The highest BCUT2D eigenvalue weighted by Crippen LogP contribution is 2.47. The summed E-state index contributed by atoms with van der Waals surface area (Å²) < 4.78 is 7.89. The summed E-state index contributed by atoms with van der Waals surface area (Å²) in [6.07, 6.45) is 8.52. The molecule has 2 aliphatic rings. The molecule has 0 aromatic carbocycles. The molecule has 3 atom stereocenters. The first-order valence-electron chi connectivity index (χ1n) is 9.47. The monoisotopic (exact) mass is 341 g/mol. The summed E-state index contributed by atoms with van der Waals surface area (Å²) in [7, 11) is 0. The van der Waals surface area contributed by atoms with Gasteiger partial charge < -0.3 is 9.32 Å². The van der Waals surface area contributed by atoms with Gasteiger partial charge in [-0.25, -0.2) is 0 Å². The van der Waals surface area contributed by atoms with Crippen molar-refractivity contribution >= 4 is 5.91 Å². The Bertz CT molecular complexity index is 748. The van der Waals surface area contributed by atoms with Gasteiger partial charge in [0.1, 0.15) is 11.5 Å². The number of hydrogen-bond acceptors (Lipinski definition) is 3. The van der Waals surface area contributed by atoms with Gasteiger partial charge in [-0.2, -0.15) is 5.10 Å². The molecule has 1 amide bonds. The molecule has 2 fully saturated rings. The van der Waals surface area contributed by atoms with E-state index in [0.29, 0.717) is 18.8 Å². The molecule has 3 unspecified atom stereocenters. The van der Waals surface area contributed by atoms with Crippen LogP contribution in [0, 0.1) is 12.8 Å². The highest BCUT2D eigenvalue weighted by molar-refractivity contribution is 5.77. The fraction of sp³-hybridized carbons (Fsp3) is 0.600. The first kappa shape index (κ1) is 16.4. The number of carbonyl (C=O) groups is 1. The SMILES string of the molecule is Cc1cnn(CC2CCCN2C(=O)CCc2ccc(C3CC3C)o2)c1. The lowest BCUT2D eigenvalue weighted by Crippen LogP contribution is -2.38. The molecule has 3 heterocycles. The molecule has 1 aliphatic carbocycles. The van der Waals surface area contributed by atoms with Crippen LogP contribution in [0.1, 0.15) is 55.6 Å². The lowest BCUT2D eigenvalue weighted by molar-refractivity contribution is -0.132. The quantitative estimate of drug-likeness (QED) is 0.807. The van der Waals surface area contributed by atoms with Crippen molar-refractivity contribution in [3.63, 3.8) is 0 Å². The Kier molecular flexibility index (Phi) is 4.40. The van der Waals surface area contributed by atoms with Gasteiger partial charge in [0.15, 0.2) is 0 Å². The second kappa shape index (κ2) is 6.70. The third kappa shape index (κ3) is 3.65. The third-order valence-corrected chi connectivity index (χ3v) is 5.60. The summed E-state index contributed by atoms with van der Waals surface area (Å²) in [6, 6.07) is 4.40. The van der Waals surface area contributed by atoms with E-state index in [4.69, 9.17) is 4.42 Å². The molecule has 2 aromatic rings. The highest BCUT2D eigenvalue weighted by atomic mass is 16.3. The minimum absolute atomic E-state index is 0.240. The fourth-order valence-corrected chi connectivity index (χ4v) is 3.96. The van der Waals surface area contributed by atoms with Crippen LogP contribution < -0.4 is 0 Å². The van der Waals surface area contributed by atoms with Crippen molar-refractivity contribution in [3.05, 3.63) is 41.6 Å². The largest absolute Gasteiger partial charge is 0.466 e. The van der Waals surface area contributed by atoms with Crippen LogP contribution in [-0.2, 0) is 17.8 Å². The number of likely N-dealkylation sites (tertiary alicyclic amines) is 1.